The summed E-state index contributed by atoms with van der Waals surface area (Å²) in [6, 6.07) is 6.56. The molecule has 106 valence electrons. The molecule has 0 fully saturated rings. The van der Waals surface area contributed by atoms with Crippen molar-refractivity contribution in [2.75, 3.05) is 11.5 Å². The topological polar surface area (TPSA) is 104 Å². The predicted octanol–water partition coefficient (Wildman–Crippen LogP) is 3.27. The highest BCUT2D eigenvalue weighted by Gasteiger charge is 2.15. The molecule has 0 unspecified atom stereocenters. The normalized spacial score (nSPS) is 10.8. The van der Waals surface area contributed by atoms with Crippen molar-refractivity contribution >= 4 is 34.6 Å². The third-order valence-corrected chi connectivity index (χ3v) is 3.17. The average molecular weight is 322 g/mol. The third kappa shape index (κ3) is 2.76. The third-order valence-electron chi connectivity index (χ3n) is 2.67. The van der Waals surface area contributed by atoms with Crippen LogP contribution in [0.2, 0.25) is 10.0 Å². The maximum atomic E-state index is 6.06. The first kappa shape index (κ1) is 13.7. The Hall–Kier alpha value is -2.31. The molecular formula is C13H9Cl2N5O. The number of hydrogen-bond donors (Lipinski definition) is 2. The molecule has 8 heteroatoms. The molecule has 0 saturated carbocycles. The van der Waals surface area contributed by atoms with E-state index < -0.39 is 0 Å². The van der Waals surface area contributed by atoms with E-state index in [0.29, 0.717) is 32.7 Å². The molecule has 0 bridgehead atoms. The van der Waals surface area contributed by atoms with Gasteiger partial charge in [-0.1, -0.05) is 28.4 Å². The number of hydrogen-bond acceptors (Lipinski definition) is 6. The number of benzene rings is 1. The molecule has 0 atom stereocenters. The summed E-state index contributed by atoms with van der Waals surface area (Å²) in [6.07, 6.45) is 1.46. The van der Waals surface area contributed by atoms with E-state index in [1.807, 2.05) is 0 Å². The van der Waals surface area contributed by atoms with Crippen molar-refractivity contribution in [3.63, 3.8) is 0 Å². The lowest BCUT2D eigenvalue weighted by atomic mass is 10.2. The van der Waals surface area contributed by atoms with Gasteiger partial charge in [0.25, 0.3) is 5.89 Å². The van der Waals surface area contributed by atoms with Gasteiger partial charge in [0.1, 0.15) is 5.69 Å². The molecule has 3 aromatic rings. The number of halogens is 2. The molecule has 2 aromatic heterocycles. The van der Waals surface area contributed by atoms with Crippen LogP contribution in [0.4, 0.5) is 11.4 Å². The molecule has 0 amide bonds. The van der Waals surface area contributed by atoms with E-state index in [-0.39, 0.29) is 11.7 Å². The van der Waals surface area contributed by atoms with E-state index in [1.165, 1.54) is 6.20 Å². The second kappa shape index (κ2) is 5.23. The van der Waals surface area contributed by atoms with Crippen molar-refractivity contribution in [2.45, 2.75) is 0 Å². The van der Waals surface area contributed by atoms with Crippen LogP contribution in [0.15, 0.2) is 35.0 Å². The highest BCUT2D eigenvalue weighted by molar-refractivity contribution is 6.35. The average Bonchev–Trinajstić information content (AvgIpc) is 2.87. The van der Waals surface area contributed by atoms with Crippen LogP contribution in [0.25, 0.3) is 23.0 Å². The minimum Gasteiger partial charge on any atom is -0.399 e. The smallest absolute Gasteiger partial charge is 0.258 e. The summed E-state index contributed by atoms with van der Waals surface area (Å²) in [5.41, 5.74) is 13.5. The molecule has 0 radical (unpaired) electrons. The fraction of sp³-hybridized carbons (Fsp3) is 0. The molecular weight excluding hydrogens is 313 g/mol. The van der Waals surface area contributed by atoms with Gasteiger partial charge in [0.15, 0.2) is 0 Å². The molecule has 0 aliphatic carbocycles. The summed E-state index contributed by atoms with van der Waals surface area (Å²) in [5.74, 6) is 0.532. The zero-order valence-corrected chi connectivity index (χ0v) is 12.1. The summed E-state index contributed by atoms with van der Waals surface area (Å²) >= 11 is 11.9. The molecule has 6 nitrogen and oxygen atoms in total. The summed E-state index contributed by atoms with van der Waals surface area (Å²) < 4.78 is 5.20. The standard InChI is InChI=1S/C13H9Cl2N5O/c14-7-3-10(15)11(18-5-7)12-19-13(21-20-12)6-1-8(16)4-9(17)2-6/h1-5H,16-17H2. The van der Waals surface area contributed by atoms with Crippen LogP contribution in [0, 0.1) is 0 Å². The summed E-state index contributed by atoms with van der Waals surface area (Å²) in [6.45, 7) is 0. The lowest BCUT2D eigenvalue weighted by molar-refractivity contribution is 0.432. The van der Waals surface area contributed by atoms with Crippen LogP contribution in [0.5, 0.6) is 0 Å². The Balaban J connectivity index is 2.03. The first-order valence-electron chi connectivity index (χ1n) is 5.84. The minimum absolute atomic E-state index is 0.257. The maximum Gasteiger partial charge on any atom is 0.258 e. The zero-order valence-electron chi connectivity index (χ0n) is 10.5. The van der Waals surface area contributed by atoms with E-state index in [9.17, 15) is 0 Å². The van der Waals surface area contributed by atoms with E-state index in [4.69, 9.17) is 39.2 Å². The number of aromatic nitrogens is 3. The van der Waals surface area contributed by atoms with Crippen molar-refractivity contribution < 1.29 is 4.52 Å². The SMILES string of the molecule is Nc1cc(N)cc(-c2nc(-c3ncc(Cl)cc3Cl)no2)c1. The van der Waals surface area contributed by atoms with Crippen LogP contribution in [0.3, 0.4) is 0 Å². The van der Waals surface area contributed by atoms with Crippen molar-refractivity contribution in [1.29, 1.82) is 0 Å². The highest BCUT2D eigenvalue weighted by atomic mass is 35.5. The summed E-state index contributed by atoms with van der Waals surface area (Å²) in [7, 11) is 0. The van der Waals surface area contributed by atoms with E-state index in [1.54, 1.807) is 24.3 Å². The van der Waals surface area contributed by atoms with Gasteiger partial charge in [0, 0.05) is 23.1 Å². The second-order valence-electron chi connectivity index (χ2n) is 4.30. The monoisotopic (exact) mass is 321 g/mol. The number of rotatable bonds is 2. The van der Waals surface area contributed by atoms with Crippen LogP contribution in [-0.4, -0.2) is 15.1 Å². The van der Waals surface area contributed by atoms with Crippen molar-refractivity contribution in [3.05, 3.63) is 40.5 Å². The molecule has 0 saturated heterocycles. The maximum absolute atomic E-state index is 6.06. The molecule has 0 aliphatic heterocycles. The Morgan fingerprint density at radius 2 is 1.71 bits per heavy atom. The van der Waals surface area contributed by atoms with Crippen LogP contribution >= 0.6 is 23.2 Å². The van der Waals surface area contributed by atoms with Gasteiger partial charge in [-0.3, -0.25) is 0 Å². The molecule has 21 heavy (non-hydrogen) atoms. The number of nitrogens with two attached hydrogens (primary N) is 2. The fourth-order valence-corrected chi connectivity index (χ4v) is 2.28. The Labute approximate surface area is 129 Å². The number of anilines is 2. The second-order valence-corrected chi connectivity index (χ2v) is 5.14. The molecule has 1 aromatic carbocycles. The van der Waals surface area contributed by atoms with Gasteiger partial charge in [-0.05, 0) is 24.3 Å². The fourth-order valence-electron chi connectivity index (χ4n) is 1.82. The molecule has 0 spiro atoms. The summed E-state index contributed by atoms with van der Waals surface area (Å²) in [4.78, 5) is 8.34. The van der Waals surface area contributed by atoms with Gasteiger partial charge in [0.2, 0.25) is 5.82 Å². The summed E-state index contributed by atoms with van der Waals surface area (Å²) in [5, 5.41) is 4.62. The predicted molar refractivity (Wildman–Crippen MR) is 81.8 cm³/mol. The Morgan fingerprint density at radius 1 is 1.00 bits per heavy atom. The number of nitrogens with zero attached hydrogens (tertiary/aromatic N) is 3. The van der Waals surface area contributed by atoms with Gasteiger partial charge in [-0.2, -0.15) is 4.98 Å². The Bertz CT molecular complexity index is 798. The van der Waals surface area contributed by atoms with Crippen molar-refractivity contribution in [3.8, 4) is 23.0 Å². The number of nitrogen functional groups attached to an aromatic ring is 2. The molecule has 4 N–H and O–H groups in total. The Morgan fingerprint density at radius 3 is 2.38 bits per heavy atom. The quantitative estimate of drug-likeness (QED) is 0.702. The van der Waals surface area contributed by atoms with Crippen molar-refractivity contribution in [1.82, 2.24) is 15.1 Å². The Kier molecular flexibility index (Phi) is 3.40. The first-order valence-corrected chi connectivity index (χ1v) is 6.60. The lowest BCUT2D eigenvalue weighted by Gasteiger charge is -1.99. The zero-order chi connectivity index (χ0) is 15.0. The van der Waals surface area contributed by atoms with E-state index in [2.05, 4.69) is 15.1 Å². The molecule has 2 heterocycles. The van der Waals surface area contributed by atoms with Crippen LogP contribution < -0.4 is 11.5 Å². The van der Waals surface area contributed by atoms with Gasteiger partial charge in [-0.25, -0.2) is 4.98 Å². The van der Waals surface area contributed by atoms with Gasteiger partial charge in [-0.15, -0.1) is 0 Å². The molecule has 0 aliphatic rings. The van der Waals surface area contributed by atoms with Gasteiger partial charge >= 0.3 is 0 Å². The molecule has 3 rings (SSSR count). The van der Waals surface area contributed by atoms with Crippen molar-refractivity contribution in [2.24, 2.45) is 0 Å². The van der Waals surface area contributed by atoms with Gasteiger partial charge in [0.05, 0.1) is 10.0 Å². The largest absolute Gasteiger partial charge is 0.399 e. The first-order chi connectivity index (χ1) is 10.0. The van der Waals surface area contributed by atoms with Crippen LogP contribution in [-0.2, 0) is 0 Å². The minimum atomic E-state index is 0.257. The van der Waals surface area contributed by atoms with Crippen LogP contribution in [0.1, 0.15) is 0 Å². The lowest BCUT2D eigenvalue weighted by Crippen LogP contribution is -1.91. The van der Waals surface area contributed by atoms with Gasteiger partial charge < -0.3 is 16.0 Å². The number of pyridine rings is 1. The van der Waals surface area contributed by atoms with E-state index in [0.717, 1.165) is 0 Å². The van der Waals surface area contributed by atoms with E-state index >= 15 is 0 Å². The highest BCUT2D eigenvalue weighted by Crippen LogP contribution is 2.29.